The highest BCUT2D eigenvalue weighted by Gasteiger charge is 2.14. The van der Waals surface area contributed by atoms with Gasteiger partial charge < -0.3 is 0 Å². The lowest BCUT2D eigenvalue weighted by Gasteiger charge is -2.08. The number of tetrazole rings is 1. The number of aryl methyl sites for hydroxylation is 3. The highest BCUT2D eigenvalue weighted by Crippen LogP contribution is 2.17. The van der Waals surface area contributed by atoms with E-state index in [1.807, 2.05) is 32.9 Å². The third-order valence-corrected chi connectivity index (χ3v) is 3.96. The molecular formula is C18H17FN4O. The fraction of sp³-hybridized carbons (Fsp3) is 0.222. The van der Waals surface area contributed by atoms with Gasteiger partial charge in [0.1, 0.15) is 12.4 Å². The number of rotatable bonds is 4. The summed E-state index contributed by atoms with van der Waals surface area (Å²) in [6, 6.07) is 9.83. The molecule has 122 valence electrons. The van der Waals surface area contributed by atoms with Gasteiger partial charge in [-0.3, -0.25) is 4.79 Å². The zero-order chi connectivity index (χ0) is 17.3. The summed E-state index contributed by atoms with van der Waals surface area (Å²) in [4.78, 5) is 13.7. The Bertz CT molecular complexity index is 917. The van der Waals surface area contributed by atoms with Gasteiger partial charge in [0.25, 0.3) is 0 Å². The van der Waals surface area contributed by atoms with Gasteiger partial charge in [0, 0.05) is 11.1 Å². The Morgan fingerprint density at radius 3 is 2.58 bits per heavy atom. The second-order valence-electron chi connectivity index (χ2n) is 5.83. The summed E-state index contributed by atoms with van der Waals surface area (Å²) in [5.41, 5.74) is 4.32. The van der Waals surface area contributed by atoms with E-state index in [9.17, 15) is 9.18 Å². The van der Waals surface area contributed by atoms with Crippen molar-refractivity contribution in [2.24, 2.45) is 0 Å². The summed E-state index contributed by atoms with van der Waals surface area (Å²) >= 11 is 0. The lowest BCUT2D eigenvalue weighted by atomic mass is 9.98. The summed E-state index contributed by atoms with van der Waals surface area (Å²) in [6.45, 7) is 5.89. The van der Waals surface area contributed by atoms with E-state index in [1.165, 1.54) is 16.9 Å². The minimum Gasteiger partial charge on any atom is -0.292 e. The lowest BCUT2D eigenvalue weighted by Crippen LogP contribution is -2.14. The maximum absolute atomic E-state index is 13.3. The van der Waals surface area contributed by atoms with E-state index in [0.717, 1.165) is 16.7 Å². The maximum Gasteiger partial charge on any atom is 0.205 e. The minimum absolute atomic E-state index is 0.00828. The minimum atomic E-state index is -0.370. The third-order valence-electron chi connectivity index (χ3n) is 3.96. The largest absolute Gasteiger partial charge is 0.292 e. The second-order valence-corrected chi connectivity index (χ2v) is 5.83. The van der Waals surface area contributed by atoms with E-state index >= 15 is 0 Å². The van der Waals surface area contributed by atoms with Crippen LogP contribution < -0.4 is 0 Å². The maximum atomic E-state index is 13.3. The van der Waals surface area contributed by atoms with Gasteiger partial charge in [-0.05, 0) is 60.9 Å². The molecule has 0 amide bonds. The molecule has 0 fully saturated rings. The van der Waals surface area contributed by atoms with Crippen LogP contribution in [0.5, 0.6) is 0 Å². The first-order valence-electron chi connectivity index (χ1n) is 7.59. The number of carbonyl (C=O) groups excluding carboxylic acids is 1. The average Bonchev–Trinajstić information content (AvgIpc) is 2.99. The van der Waals surface area contributed by atoms with Crippen molar-refractivity contribution in [3.05, 3.63) is 64.5 Å². The number of ketones is 1. The smallest absolute Gasteiger partial charge is 0.205 e. The molecule has 0 aliphatic rings. The highest BCUT2D eigenvalue weighted by molar-refractivity contribution is 5.97. The Morgan fingerprint density at radius 1 is 1.08 bits per heavy atom. The first-order chi connectivity index (χ1) is 11.4. The monoisotopic (exact) mass is 324 g/mol. The van der Waals surface area contributed by atoms with E-state index in [1.54, 1.807) is 12.1 Å². The molecule has 3 rings (SSSR count). The lowest BCUT2D eigenvalue weighted by molar-refractivity contribution is 0.0960. The normalized spacial score (nSPS) is 10.8. The van der Waals surface area contributed by atoms with Crippen molar-refractivity contribution in [1.29, 1.82) is 0 Å². The summed E-state index contributed by atoms with van der Waals surface area (Å²) in [6.07, 6.45) is 0. The van der Waals surface area contributed by atoms with Crippen molar-refractivity contribution < 1.29 is 9.18 Å². The quantitative estimate of drug-likeness (QED) is 0.691. The number of Topliss-reactive ketones (excluding diaryl/α,β-unsaturated/α-hetero) is 1. The van der Waals surface area contributed by atoms with Gasteiger partial charge in [-0.25, -0.2) is 4.39 Å². The SMILES string of the molecule is Cc1cc(C)c(C(=O)Cn2nnc(-c3cccc(F)c3)n2)cc1C. The number of hydrogen-bond donors (Lipinski definition) is 0. The first kappa shape index (κ1) is 16.0. The van der Waals surface area contributed by atoms with Crippen molar-refractivity contribution in [1.82, 2.24) is 20.2 Å². The molecule has 0 atom stereocenters. The highest BCUT2D eigenvalue weighted by atomic mass is 19.1. The van der Waals surface area contributed by atoms with Gasteiger partial charge in [0.05, 0.1) is 0 Å². The summed E-state index contributed by atoms with van der Waals surface area (Å²) in [5, 5.41) is 11.9. The number of aromatic nitrogens is 4. The zero-order valence-corrected chi connectivity index (χ0v) is 13.7. The second kappa shape index (κ2) is 6.31. The fourth-order valence-electron chi connectivity index (χ4n) is 2.53. The molecular weight excluding hydrogens is 307 g/mol. The molecule has 0 unspecified atom stereocenters. The Morgan fingerprint density at radius 2 is 1.83 bits per heavy atom. The van der Waals surface area contributed by atoms with Crippen LogP contribution in [0.3, 0.4) is 0 Å². The van der Waals surface area contributed by atoms with E-state index in [0.29, 0.717) is 17.0 Å². The van der Waals surface area contributed by atoms with Crippen LogP contribution in [-0.4, -0.2) is 26.0 Å². The Kier molecular flexibility index (Phi) is 4.20. The molecule has 3 aromatic rings. The Hall–Kier alpha value is -2.89. The molecule has 0 bridgehead atoms. The zero-order valence-electron chi connectivity index (χ0n) is 13.7. The van der Waals surface area contributed by atoms with E-state index in [-0.39, 0.29) is 18.1 Å². The van der Waals surface area contributed by atoms with E-state index < -0.39 is 0 Å². The van der Waals surface area contributed by atoms with E-state index in [4.69, 9.17) is 0 Å². The van der Waals surface area contributed by atoms with Crippen molar-refractivity contribution >= 4 is 5.78 Å². The number of hydrogen-bond acceptors (Lipinski definition) is 4. The molecule has 1 aromatic heterocycles. The molecule has 6 heteroatoms. The molecule has 0 aliphatic carbocycles. The molecule has 0 aliphatic heterocycles. The summed E-state index contributed by atoms with van der Waals surface area (Å²) in [7, 11) is 0. The Labute approximate surface area is 139 Å². The molecule has 5 nitrogen and oxygen atoms in total. The van der Waals surface area contributed by atoms with Crippen LogP contribution in [0, 0.1) is 26.6 Å². The van der Waals surface area contributed by atoms with Crippen LogP contribution in [0.1, 0.15) is 27.0 Å². The number of nitrogens with zero attached hydrogens (tertiary/aromatic N) is 4. The number of benzene rings is 2. The van der Waals surface area contributed by atoms with Gasteiger partial charge >= 0.3 is 0 Å². The van der Waals surface area contributed by atoms with Crippen molar-refractivity contribution in [3.63, 3.8) is 0 Å². The molecule has 0 radical (unpaired) electrons. The fourth-order valence-corrected chi connectivity index (χ4v) is 2.53. The first-order valence-corrected chi connectivity index (χ1v) is 7.59. The molecule has 24 heavy (non-hydrogen) atoms. The predicted molar refractivity (Wildman–Crippen MR) is 88.2 cm³/mol. The van der Waals surface area contributed by atoms with Crippen molar-refractivity contribution in [2.75, 3.05) is 0 Å². The van der Waals surface area contributed by atoms with Crippen molar-refractivity contribution in [3.8, 4) is 11.4 Å². The van der Waals surface area contributed by atoms with Gasteiger partial charge in [-0.15, -0.1) is 10.2 Å². The van der Waals surface area contributed by atoms with Gasteiger partial charge in [0.2, 0.25) is 5.82 Å². The van der Waals surface area contributed by atoms with Crippen LogP contribution in [-0.2, 0) is 6.54 Å². The predicted octanol–water partition coefficient (Wildman–Crippen LogP) is 3.29. The number of halogens is 1. The molecule has 0 N–H and O–H groups in total. The van der Waals surface area contributed by atoms with Crippen LogP contribution >= 0.6 is 0 Å². The van der Waals surface area contributed by atoms with Crippen LogP contribution in [0.4, 0.5) is 4.39 Å². The van der Waals surface area contributed by atoms with Crippen LogP contribution in [0.25, 0.3) is 11.4 Å². The van der Waals surface area contributed by atoms with Crippen LogP contribution in [0.2, 0.25) is 0 Å². The van der Waals surface area contributed by atoms with Gasteiger partial charge in [0.15, 0.2) is 5.78 Å². The topological polar surface area (TPSA) is 60.7 Å². The van der Waals surface area contributed by atoms with Crippen LogP contribution in [0.15, 0.2) is 36.4 Å². The summed E-state index contributed by atoms with van der Waals surface area (Å²) in [5.74, 6) is -0.163. The third kappa shape index (κ3) is 3.22. The molecule has 0 saturated carbocycles. The van der Waals surface area contributed by atoms with Gasteiger partial charge in [-0.2, -0.15) is 4.80 Å². The standard InChI is InChI=1S/C18H17FN4O/c1-11-7-13(3)16(8-12(11)2)17(24)10-23-21-18(20-22-23)14-5-4-6-15(19)9-14/h4-9H,10H2,1-3H3. The van der Waals surface area contributed by atoms with Gasteiger partial charge in [-0.1, -0.05) is 18.2 Å². The molecule has 1 heterocycles. The number of carbonyl (C=O) groups is 1. The van der Waals surface area contributed by atoms with E-state index in [2.05, 4.69) is 15.4 Å². The molecule has 0 saturated heterocycles. The molecule has 0 spiro atoms. The summed E-state index contributed by atoms with van der Waals surface area (Å²) < 4.78 is 13.3. The Balaban J connectivity index is 1.82. The molecule has 2 aromatic carbocycles. The average molecular weight is 324 g/mol. The van der Waals surface area contributed by atoms with Crippen molar-refractivity contribution in [2.45, 2.75) is 27.3 Å².